The van der Waals surface area contributed by atoms with Crippen LogP contribution in [-0.4, -0.2) is 10.9 Å². The summed E-state index contributed by atoms with van der Waals surface area (Å²) >= 11 is 5.16. The van der Waals surface area contributed by atoms with E-state index in [0.717, 1.165) is 12.0 Å². The van der Waals surface area contributed by atoms with Crippen LogP contribution in [-0.2, 0) is 12.8 Å². The van der Waals surface area contributed by atoms with E-state index in [1.54, 1.807) is 18.3 Å². The molecule has 0 saturated heterocycles. The summed E-state index contributed by atoms with van der Waals surface area (Å²) in [6, 6.07) is 10.1. The third-order valence-corrected chi connectivity index (χ3v) is 4.62. The number of aryl methyl sites for hydroxylation is 2. The van der Waals surface area contributed by atoms with Crippen LogP contribution in [0.3, 0.4) is 0 Å². The van der Waals surface area contributed by atoms with Gasteiger partial charge in [-0.15, -0.1) is 0 Å². The molecule has 0 spiro atoms. The van der Waals surface area contributed by atoms with Crippen LogP contribution in [0.5, 0.6) is 0 Å². The first-order valence-electron chi connectivity index (χ1n) is 7.75. The van der Waals surface area contributed by atoms with Gasteiger partial charge in [-0.25, -0.2) is 0 Å². The Labute approximate surface area is 135 Å². The highest BCUT2D eigenvalue weighted by Crippen LogP contribution is 2.24. The van der Waals surface area contributed by atoms with E-state index in [1.165, 1.54) is 30.4 Å². The fourth-order valence-corrected chi connectivity index (χ4v) is 3.21. The van der Waals surface area contributed by atoms with E-state index in [1.807, 2.05) is 6.92 Å². The van der Waals surface area contributed by atoms with Crippen LogP contribution >= 0.6 is 12.2 Å². The van der Waals surface area contributed by atoms with Crippen molar-refractivity contribution in [1.82, 2.24) is 10.3 Å². The minimum Gasteiger partial charge on any atom is -0.352 e. The van der Waals surface area contributed by atoms with Gasteiger partial charge in [-0.2, -0.15) is 0 Å². The van der Waals surface area contributed by atoms with Gasteiger partial charge >= 0.3 is 0 Å². The van der Waals surface area contributed by atoms with E-state index in [0.29, 0.717) is 10.2 Å². The molecule has 2 aromatic rings. The van der Waals surface area contributed by atoms with Crippen molar-refractivity contribution < 1.29 is 4.79 Å². The fraction of sp³-hybridized carbons (Fsp3) is 0.333. The normalized spacial score (nSPS) is 15.0. The molecular weight excluding hydrogens is 292 g/mol. The van der Waals surface area contributed by atoms with Gasteiger partial charge in [0.2, 0.25) is 0 Å². The molecule has 3 rings (SSSR count). The minimum absolute atomic E-state index is 0.0330. The van der Waals surface area contributed by atoms with Crippen LogP contribution < -0.4 is 5.32 Å². The molecule has 1 unspecified atom stereocenters. The number of benzene rings is 1. The molecular formula is C18H20N2OS. The first-order chi connectivity index (χ1) is 10.6. The molecule has 0 saturated carbocycles. The quantitative estimate of drug-likeness (QED) is 0.838. The number of H-pyrrole nitrogens is 1. The molecule has 22 heavy (non-hydrogen) atoms. The number of hydrogen-bond acceptors (Lipinski definition) is 2. The van der Waals surface area contributed by atoms with Gasteiger partial charge in [-0.3, -0.25) is 4.79 Å². The summed E-state index contributed by atoms with van der Waals surface area (Å²) in [4.78, 5) is 15.2. The van der Waals surface area contributed by atoms with Crippen molar-refractivity contribution >= 4 is 18.1 Å². The fourth-order valence-electron chi connectivity index (χ4n) is 2.98. The Morgan fingerprint density at radius 1 is 1.23 bits per heavy atom. The molecule has 0 bridgehead atoms. The highest BCUT2D eigenvalue weighted by Gasteiger charge is 2.15. The van der Waals surface area contributed by atoms with Crippen LogP contribution in [0.25, 0.3) is 0 Å². The monoisotopic (exact) mass is 312 g/mol. The number of rotatable bonds is 3. The van der Waals surface area contributed by atoms with Crippen LogP contribution in [0, 0.1) is 4.64 Å². The topological polar surface area (TPSA) is 44.9 Å². The zero-order valence-electron chi connectivity index (χ0n) is 12.7. The Bertz CT molecular complexity index is 751. The summed E-state index contributed by atoms with van der Waals surface area (Å²) in [5.74, 6) is -0.132. The molecule has 4 heteroatoms. The van der Waals surface area contributed by atoms with Gasteiger partial charge in [0.1, 0.15) is 4.64 Å². The maximum absolute atomic E-state index is 12.3. The highest BCUT2D eigenvalue weighted by molar-refractivity contribution is 7.71. The SMILES string of the molecule is CC(NC(=O)c1ccc[nH]c1=S)c1ccc2c(c1)CCCC2. The Balaban J connectivity index is 1.77. The summed E-state index contributed by atoms with van der Waals surface area (Å²) in [7, 11) is 0. The van der Waals surface area contributed by atoms with Crippen LogP contribution in [0.1, 0.15) is 52.9 Å². The number of carbonyl (C=O) groups excluding carboxylic acids is 1. The second kappa shape index (κ2) is 6.44. The number of carbonyl (C=O) groups is 1. The van der Waals surface area contributed by atoms with Gasteiger partial charge in [0, 0.05) is 6.20 Å². The number of nitrogens with one attached hydrogen (secondary N) is 2. The van der Waals surface area contributed by atoms with Gasteiger partial charge in [-0.05, 0) is 61.4 Å². The Hall–Kier alpha value is -1.94. The smallest absolute Gasteiger partial charge is 0.254 e. The third kappa shape index (κ3) is 3.12. The molecule has 3 nitrogen and oxygen atoms in total. The molecule has 0 radical (unpaired) electrons. The van der Waals surface area contributed by atoms with Gasteiger partial charge in [0.25, 0.3) is 5.91 Å². The maximum Gasteiger partial charge on any atom is 0.254 e. The summed E-state index contributed by atoms with van der Waals surface area (Å²) in [5.41, 5.74) is 4.56. The summed E-state index contributed by atoms with van der Waals surface area (Å²) in [5, 5.41) is 3.03. The van der Waals surface area contributed by atoms with Gasteiger partial charge < -0.3 is 10.3 Å². The third-order valence-electron chi connectivity index (χ3n) is 4.28. The molecule has 1 heterocycles. The number of hydrogen-bond donors (Lipinski definition) is 2. The van der Waals surface area contributed by atoms with Gasteiger partial charge in [-0.1, -0.05) is 30.4 Å². The molecule has 1 atom stereocenters. The Morgan fingerprint density at radius 3 is 2.77 bits per heavy atom. The largest absolute Gasteiger partial charge is 0.352 e. The van der Waals surface area contributed by atoms with E-state index in [2.05, 4.69) is 28.5 Å². The first-order valence-corrected chi connectivity index (χ1v) is 8.16. The molecule has 0 fully saturated rings. The maximum atomic E-state index is 12.3. The molecule has 2 N–H and O–H groups in total. The molecule has 1 aromatic heterocycles. The Morgan fingerprint density at radius 2 is 2.00 bits per heavy atom. The van der Waals surface area contributed by atoms with Gasteiger partial charge in [0.15, 0.2) is 0 Å². The molecule has 1 aliphatic carbocycles. The van der Waals surface area contributed by atoms with Crippen LogP contribution in [0.4, 0.5) is 0 Å². The molecule has 1 aliphatic rings. The van der Waals surface area contributed by atoms with Crippen LogP contribution in [0.15, 0.2) is 36.5 Å². The lowest BCUT2D eigenvalue weighted by molar-refractivity contribution is 0.0939. The van der Waals surface area contributed by atoms with Crippen molar-refractivity contribution in [3.8, 4) is 0 Å². The highest BCUT2D eigenvalue weighted by atomic mass is 32.1. The van der Waals surface area contributed by atoms with Crippen molar-refractivity contribution in [3.05, 3.63) is 63.4 Å². The summed E-state index contributed by atoms with van der Waals surface area (Å²) in [6.45, 7) is 2.01. The van der Waals surface area contributed by atoms with Crippen molar-refractivity contribution in [3.63, 3.8) is 0 Å². The molecule has 0 aliphatic heterocycles. The lowest BCUT2D eigenvalue weighted by Crippen LogP contribution is -2.27. The number of fused-ring (bicyclic) bond motifs is 1. The van der Waals surface area contributed by atoms with Crippen molar-refractivity contribution in [2.75, 3.05) is 0 Å². The van der Waals surface area contributed by atoms with E-state index >= 15 is 0 Å². The molecule has 1 amide bonds. The zero-order chi connectivity index (χ0) is 15.5. The average Bonchev–Trinajstić information content (AvgIpc) is 2.54. The minimum atomic E-state index is -0.132. The first kappa shape index (κ1) is 15.0. The summed E-state index contributed by atoms with van der Waals surface area (Å²) < 4.78 is 0.470. The standard InChI is InChI=1S/C18H20N2OS/c1-12(20-17(21)16-7-4-10-19-18(16)22)14-9-8-13-5-2-3-6-15(13)11-14/h4,7-12H,2-3,5-6H2,1H3,(H,19,22)(H,20,21). The molecule has 114 valence electrons. The average molecular weight is 312 g/mol. The van der Waals surface area contributed by atoms with Gasteiger partial charge in [0.05, 0.1) is 11.6 Å². The van der Waals surface area contributed by atoms with E-state index in [-0.39, 0.29) is 11.9 Å². The van der Waals surface area contributed by atoms with E-state index in [9.17, 15) is 4.79 Å². The lowest BCUT2D eigenvalue weighted by atomic mass is 9.89. The molecule has 1 aromatic carbocycles. The van der Waals surface area contributed by atoms with Crippen molar-refractivity contribution in [1.29, 1.82) is 0 Å². The zero-order valence-corrected chi connectivity index (χ0v) is 13.5. The van der Waals surface area contributed by atoms with Crippen LogP contribution in [0.2, 0.25) is 0 Å². The number of aromatic nitrogens is 1. The van der Waals surface area contributed by atoms with E-state index < -0.39 is 0 Å². The number of amides is 1. The second-order valence-electron chi connectivity index (χ2n) is 5.84. The number of aromatic amines is 1. The Kier molecular flexibility index (Phi) is 4.39. The van der Waals surface area contributed by atoms with E-state index in [4.69, 9.17) is 12.2 Å². The second-order valence-corrected chi connectivity index (χ2v) is 6.25. The lowest BCUT2D eigenvalue weighted by Gasteiger charge is -2.20. The van der Waals surface area contributed by atoms with Crippen molar-refractivity contribution in [2.45, 2.75) is 38.6 Å². The number of pyridine rings is 1. The summed E-state index contributed by atoms with van der Waals surface area (Å²) in [6.07, 6.45) is 6.59. The van der Waals surface area contributed by atoms with Crippen molar-refractivity contribution in [2.24, 2.45) is 0 Å². The predicted octanol–water partition coefficient (Wildman–Crippen LogP) is 4.11. The predicted molar refractivity (Wildman–Crippen MR) is 90.6 cm³/mol.